The van der Waals surface area contributed by atoms with E-state index in [0.717, 1.165) is 49.7 Å². The predicted molar refractivity (Wildman–Crippen MR) is 100 cm³/mol. The molecule has 2 aliphatic carbocycles. The minimum absolute atomic E-state index is 0.203. The van der Waals surface area contributed by atoms with Crippen molar-refractivity contribution in [2.45, 2.75) is 44.2 Å². The molecule has 0 spiro atoms. The van der Waals surface area contributed by atoms with Crippen LogP contribution in [0.1, 0.15) is 42.5 Å². The van der Waals surface area contributed by atoms with E-state index in [1.165, 1.54) is 16.5 Å². The molecule has 1 amide bonds. The first kappa shape index (κ1) is 14.9. The molecule has 1 aliphatic heterocycles. The molecule has 0 saturated heterocycles. The number of aryl methyl sites for hydroxylation is 1. The summed E-state index contributed by atoms with van der Waals surface area (Å²) in [7, 11) is 2.03. The number of aromatic nitrogens is 1. The van der Waals surface area contributed by atoms with Gasteiger partial charge in [0.2, 0.25) is 0 Å². The van der Waals surface area contributed by atoms with E-state index in [4.69, 9.17) is 0 Å². The van der Waals surface area contributed by atoms with Gasteiger partial charge in [0.15, 0.2) is 0 Å². The van der Waals surface area contributed by atoms with Crippen LogP contribution in [0.25, 0.3) is 10.9 Å². The summed E-state index contributed by atoms with van der Waals surface area (Å²) in [6.07, 6.45) is 9.53. The lowest BCUT2D eigenvalue weighted by molar-refractivity contribution is 0.0645. The van der Waals surface area contributed by atoms with Crippen LogP contribution in [0.15, 0.2) is 46.6 Å². The molecule has 4 heteroatoms. The van der Waals surface area contributed by atoms with Crippen molar-refractivity contribution in [1.29, 1.82) is 0 Å². The van der Waals surface area contributed by atoms with E-state index in [1.54, 1.807) is 0 Å². The van der Waals surface area contributed by atoms with Crippen molar-refractivity contribution in [3.8, 4) is 0 Å². The number of fused-ring (bicyclic) bond motifs is 1. The Kier molecular flexibility index (Phi) is 3.34. The molecule has 1 unspecified atom stereocenters. The molecule has 2 heterocycles. The maximum atomic E-state index is 13.4. The predicted octanol–water partition coefficient (Wildman–Crippen LogP) is 3.72. The average Bonchev–Trinajstić information content (AvgIpc) is 3.23. The van der Waals surface area contributed by atoms with Gasteiger partial charge in [0.25, 0.3) is 5.91 Å². The van der Waals surface area contributed by atoms with E-state index in [-0.39, 0.29) is 5.91 Å². The summed E-state index contributed by atoms with van der Waals surface area (Å²) in [6, 6.07) is 8.96. The molecular formula is C21H23N3O. The standard InChI is InChI=1S/C21H23N3O/c1-23-9-8-14-2-3-15(11-20(14)23)21(25)24(18-6-7-18)19-5-4-16-12-22-13-17(16)10-19/h2-3,8-9,11,13,18-19H,4-7,10,12H2,1H3. The Hall–Kier alpha value is -2.36. The third-order valence-electron chi connectivity index (χ3n) is 5.92. The Morgan fingerprint density at radius 1 is 1.20 bits per heavy atom. The van der Waals surface area contributed by atoms with Crippen LogP contribution in [0.2, 0.25) is 0 Å². The first-order valence-electron chi connectivity index (χ1n) is 9.29. The molecule has 1 saturated carbocycles. The third-order valence-corrected chi connectivity index (χ3v) is 5.92. The third kappa shape index (κ3) is 2.51. The molecule has 0 N–H and O–H groups in total. The topological polar surface area (TPSA) is 37.6 Å². The van der Waals surface area contributed by atoms with Crippen LogP contribution in [0, 0.1) is 0 Å². The van der Waals surface area contributed by atoms with Crippen molar-refractivity contribution in [1.82, 2.24) is 9.47 Å². The van der Waals surface area contributed by atoms with Crippen molar-refractivity contribution in [2.24, 2.45) is 12.0 Å². The molecule has 25 heavy (non-hydrogen) atoms. The fourth-order valence-electron chi connectivity index (χ4n) is 4.36. The van der Waals surface area contributed by atoms with E-state index in [2.05, 4.69) is 32.7 Å². The Bertz CT molecular complexity index is 916. The van der Waals surface area contributed by atoms with Gasteiger partial charge >= 0.3 is 0 Å². The summed E-state index contributed by atoms with van der Waals surface area (Å²) < 4.78 is 2.08. The fourth-order valence-corrected chi connectivity index (χ4v) is 4.36. The Morgan fingerprint density at radius 3 is 2.92 bits per heavy atom. The van der Waals surface area contributed by atoms with Crippen LogP contribution in [-0.4, -0.2) is 40.2 Å². The highest BCUT2D eigenvalue weighted by atomic mass is 16.2. The number of carbonyl (C=O) groups is 1. The number of hydrogen-bond donors (Lipinski definition) is 0. The molecule has 1 atom stereocenters. The van der Waals surface area contributed by atoms with E-state index in [0.29, 0.717) is 12.1 Å². The van der Waals surface area contributed by atoms with Gasteiger partial charge < -0.3 is 9.47 Å². The molecule has 2 aromatic rings. The van der Waals surface area contributed by atoms with Gasteiger partial charge in [0.05, 0.1) is 6.54 Å². The second kappa shape index (κ2) is 5.58. The van der Waals surface area contributed by atoms with Gasteiger partial charge in [-0.05, 0) is 66.8 Å². The molecule has 128 valence electrons. The molecule has 3 aliphatic rings. The number of hydrogen-bond acceptors (Lipinski definition) is 2. The summed E-state index contributed by atoms with van der Waals surface area (Å²) in [5.41, 5.74) is 4.82. The molecule has 0 radical (unpaired) electrons. The molecule has 4 nitrogen and oxygen atoms in total. The van der Waals surface area contributed by atoms with Crippen LogP contribution in [0.3, 0.4) is 0 Å². The monoisotopic (exact) mass is 333 g/mol. The van der Waals surface area contributed by atoms with Gasteiger partial charge in [-0.3, -0.25) is 9.79 Å². The zero-order valence-corrected chi connectivity index (χ0v) is 14.6. The van der Waals surface area contributed by atoms with Crippen LogP contribution in [0.4, 0.5) is 0 Å². The second-order valence-corrected chi connectivity index (χ2v) is 7.64. The van der Waals surface area contributed by atoms with Gasteiger partial charge in [-0.2, -0.15) is 0 Å². The zero-order valence-electron chi connectivity index (χ0n) is 14.6. The van der Waals surface area contributed by atoms with Crippen LogP contribution >= 0.6 is 0 Å². The molecule has 0 bridgehead atoms. The van der Waals surface area contributed by atoms with Gasteiger partial charge in [-0.15, -0.1) is 0 Å². The quantitative estimate of drug-likeness (QED) is 0.843. The van der Waals surface area contributed by atoms with Crippen molar-refractivity contribution in [3.05, 3.63) is 47.2 Å². The molecule has 5 rings (SSSR count). The minimum Gasteiger partial charge on any atom is -0.351 e. The lowest BCUT2D eigenvalue weighted by atomic mass is 9.88. The first-order valence-corrected chi connectivity index (χ1v) is 9.29. The summed E-state index contributed by atoms with van der Waals surface area (Å²) >= 11 is 0. The highest BCUT2D eigenvalue weighted by Crippen LogP contribution is 2.37. The molecule has 1 aromatic carbocycles. The zero-order chi connectivity index (χ0) is 17.0. The number of rotatable bonds is 3. The van der Waals surface area contributed by atoms with Gasteiger partial charge in [0, 0.05) is 42.6 Å². The van der Waals surface area contributed by atoms with Gasteiger partial charge in [-0.1, -0.05) is 6.07 Å². The average molecular weight is 333 g/mol. The van der Waals surface area contributed by atoms with Crippen molar-refractivity contribution >= 4 is 23.0 Å². The number of carbonyl (C=O) groups excluding carboxylic acids is 1. The summed E-state index contributed by atoms with van der Waals surface area (Å²) in [5.74, 6) is 0.203. The fraction of sp³-hybridized carbons (Fsp3) is 0.429. The number of amides is 1. The van der Waals surface area contributed by atoms with Crippen molar-refractivity contribution < 1.29 is 4.79 Å². The highest BCUT2D eigenvalue weighted by Gasteiger charge is 2.39. The van der Waals surface area contributed by atoms with E-state index in [1.807, 2.05) is 25.5 Å². The van der Waals surface area contributed by atoms with E-state index >= 15 is 0 Å². The lowest BCUT2D eigenvalue weighted by Crippen LogP contribution is -2.43. The van der Waals surface area contributed by atoms with Crippen molar-refractivity contribution in [2.75, 3.05) is 6.54 Å². The summed E-state index contributed by atoms with van der Waals surface area (Å²) in [4.78, 5) is 20.0. The smallest absolute Gasteiger partial charge is 0.254 e. The first-order chi connectivity index (χ1) is 12.2. The number of benzene rings is 1. The molecular weight excluding hydrogens is 310 g/mol. The van der Waals surface area contributed by atoms with E-state index in [9.17, 15) is 4.79 Å². The Morgan fingerprint density at radius 2 is 2.08 bits per heavy atom. The number of aliphatic imine (C=N–C) groups is 1. The van der Waals surface area contributed by atoms with Gasteiger partial charge in [0.1, 0.15) is 0 Å². The van der Waals surface area contributed by atoms with Crippen LogP contribution in [-0.2, 0) is 7.05 Å². The normalized spacial score (nSPS) is 22.5. The Labute approximate surface area is 147 Å². The summed E-state index contributed by atoms with van der Waals surface area (Å²) in [5, 5.41) is 1.19. The maximum absolute atomic E-state index is 13.4. The van der Waals surface area contributed by atoms with Gasteiger partial charge in [-0.25, -0.2) is 0 Å². The summed E-state index contributed by atoms with van der Waals surface area (Å²) in [6.45, 7) is 0.879. The lowest BCUT2D eigenvalue weighted by Gasteiger charge is -2.35. The number of nitrogens with zero attached hydrogens (tertiary/aromatic N) is 3. The SMILES string of the molecule is Cn1ccc2ccc(C(=O)N(C3CC3)C3CCC4=C(C=NC4)C3)cc21. The Balaban J connectivity index is 1.46. The molecule has 1 fully saturated rings. The maximum Gasteiger partial charge on any atom is 0.254 e. The molecule has 1 aromatic heterocycles. The largest absolute Gasteiger partial charge is 0.351 e. The highest BCUT2D eigenvalue weighted by molar-refractivity contribution is 5.98. The van der Waals surface area contributed by atoms with Crippen molar-refractivity contribution in [3.63, 3.8) is 0 Å². The van der Waals surface area contributed by atoms with E-state index < -0.39 is 0 Å². The van der Waals surface area contributed by atoms with Crippen LogP contribution in [0.5, 0.6) is 0 Å². The van der Waals surface area contributed by atoms with Crippen LogP contribution < -0.4 is 0 Å². The second-order valence-electron chi connectivity index (χ2n) is 7.64. The minimum atomic E-state index is 0.203.